The van der Waals surface area contributed by atoms with Crippen LogP contribution in [0.25, 0.3) is 0 Å². The standard InChI is InChI=1S/C14H22N4O2/c1-9(10-3-4-10)18(5-6-20-2)14-12(13(16)19)7-11(15)8-17-14/h7-10H,3-6,15H2,1-2H3,(H2,16,19). The number of hydrogen-bond donors (Lipinski definition) is 2. The highest BCUT2D eigenvalue weighted by molar-refractivity contribution is 5.98. The van der Waals surface area contributed by atoms with Crippen molar-refractivity contribution in [2.45, 2.75) is 25.8 Å². The van der Waals surface area contributed by atoms with Crippen LogP contribution in [0.3, 0.4) is 0 Å². The molecule has 4 N–H and O–H groups in total. The molecule has 1 aromatic heterocycles. The van der Waals surface area contributed by atoms with E-state index in [1.807, 2.05) is 0 Å². The third-order valence-electron chi connectivity index (χ3n) is 3.76. The van der Waals surface area contributed by atoms with E-state index in [1.165, 1.54) is 12.8 Å². The van der Waals surface area contributed by atoms with E-state index < -0.39 is 5.91 Å². The van der Waals surface area contributed by atoms with Gasteiger partial charge in [-0.2, -0.15) is 0 Å². The molecule has 1 aliphatic carbocycles. The van der Waals surface area contributed by atoms with Crippen molar-refractivity contribution < 1.29 is 9.53 Å². The van der Waals surface area contributed by atoms with Gasteiger partial charge in [0.1, 0.15) is 5.82 Å². The lowest BCUT2D eigenvalue weighted by Crippen LogP contribution is -2.39. The molecule has 1 amide bonds. The van der Waals surface area contributed by atoms with Gasteiger partial charge in [0.2, 0.25) is 0 Å². The summed E-state index contributed by atoms with van der Waals surface area (Å²) >= 11 is 0. The molecule has 1 heterocycles. The van der Waals surface area contributed by atoms with Gasteiger partial charge >= 0.3 is 0 Å². The number of methoxy groups -OCH3 is 1. The van der Waals surface area contributed by atoms with Gasteiger partial charge in [0.05, 0.1) is 24.1 Å². The summed E-state index contributed by atoms with van der Waals surface area (Å²) in [4.78, 5) is 18.1. The van der Waals surface area contributed by atoms with Crippen LogP contribution in [-0.2, 0) is 4.74 Å². The highest BCUT2D eigenvalue weighted by atomic mass is 16.5. The van der Waals surface area contributed by atoms with Crippen LogP contribution in [0.4, 0.5) is 11.5 Å². The summed E-state index contributed by atoms with van der Waals surface area (Å²) in [6.07, 6.45) is 3.98. The smallest absolute Gasteiger partial charge is 0.252 e. The van der Waals surface area contributed by atoms with Crippen LogP contribution in [0, 0.1) is 5.92 Å². The van der Waals surface area contributed by atoms with Gasteiger partial charge in [-0.15, -0.1) is 0 Å². The maximum absolute atomic E-state index is 11.6. The van der Waals surface area contributed by atoms with Crippen LogP contribution in [0.5, 0.6) is 0 Å². The predicted octanol–water partition coefficient (Wildman–Crippen LogP) is 1.01. The SMILES string of the molecule is COCCN(c1ncc(N)cc1C(N)=O)C(C)C1CC1. The van der Waals surface area contributed by atoms with E-state index in [0.29, 0.717) is 42.2 Å². The molecule has 0 bridgehead atoms. The van der Waals surface area contributed by atoms with Gasteiger partial charge < -0.3 is 21.1 Å². The van der Waals surface area contributed by atoms with E-state index in [2.05, 4.69) is 16.8 Å². The zero-order chi connectivity index (χ0) is 14.7. The van der Waals surface area contributed by atoms with Gasteiger partial charge in [-0.05, 0) is 31.7 Å². The number of hydrogen-bond acceptors (Lipinski definition) is 5. The molecular weight excluding hydrogens is 256 g/mol. The van der Waals surface area contributed by atoms with Crippen molar-refractivity contribution in [3.05, 3.63) is 17.8 Å². The third-order valence-corrected chi connectivity index (χ3v) is 3.76. The molecule has 1 unspecified atom stereocenters. The predicted molar refractivity (Wildman–Crippen MR) is 78.6 cm³/mol. The Balaban J connectivity index is 2.33. The lowest BCUT2D eigenvalue weighted by atomic mass is 10.1. The number of amides is 1. The molecule has 110 valence electrons. The molecule has 0 radical (unpaired) electrons. The number of nitrogen functional groups attached to an aromatic ring is 1. The van der Waals surface area contributed by atoms with Crippen molar-refractivity contribution in [2.75, 3.05) is 30.9 Å². The number of ether oxygens (including phenoxy) is 1. The van der Waals surface area contributed by atoms with E-state index in [-0.39, 0.29) is 0 Å². The number of pyridine rings is 1. The third kappa shape index (κ3) is 3.19. The zero-order valence-electron chi connectivity index (χ0n) is 12.0. The van der Waals surface area contributed by atoms with Crippen molar-refractivity contribution in [1.82, 2.24) is 4.98 Å². The lowest BCUT2D eigenvalue weighted by molar-refractivity contribution is 0.1000. The summed E-state index contributed by atoms with van der Waals surface area (Å²) in [7, 11) is 1.66. The fourth-order valence-corrected chi connectivity index (χ4v) is 2.41. The number of aromatic nitrogens is 1. The maximum atomic E-state index is 11.6. The first kappa shape index (κ1) is 14.6. The molecule has 1 fully saturated rings. The Hall–Kier alpha value is -1.82. The van der Waals surface area contributed by atoms with E-state index in [0.717, 1.165) is 0 Å². The summed E-state index contributed by atoms with van der Waals surface area (Å²) in [6, 6.07) is 1.89. The molecule has 6 heteroatoms. The first-order valence-corrected chi connectivity index (χ1v) is 6.85. The first-order valence-electron chi connectivity index (χ1n) is 6.85. The number of primary amides is 1. The summed E-state index contributed by atoms with van der Waals surface area (Å²) in [6.45, 7) is 3.39. The van der Waals surface area contributed by atoms with E-state index in [1.54, 1.807) is 19.4 Å². The second-order valence-corrected chi connectivity index (χ2v) is 5.27. The van der Waals surface area contributed by atoms with Gasteiger partial charge in [-0.3, -0.25) is 4.79 Å². The number of nitrogens with zero attached hydrogens (tertiary/aromatic N) is 2. The molecule has 1 aliphatic rings. The number of anilines is 2. The molecule has 2 rings (SSSR count). The number of nitrogens with two attached hydrogens (primary N) is 2. The molecule has 6 nitrogen and oxygen atoms in total. The minimum absolute atomic E-state index is 0.305. The Morgan fingerprint density at radius 3 is 2.85 bits per heavy atom. The molecule has 0 saturated heterocycles. The van der Waals surface area contributed by atoms with Crippen molar-refractivity contribution in [3.8, 4) is 0 Å². The average molecular weight is 278 g/mol. The summed E-state index contributed by atoms with van der Waals surface area (Å²) in [5.74, 6) is 0.736. The highest BCUT2D eigenvalue weighted by Gasteiger charge is 2.33. The molecule has 0 aromatic carbocycles. The monoisotopic (exact) mass is 278 g/mol. The minimum Gasteiger partial charge on any atom is -0.397 e. The highest BCUT2D eigenvalue weighted by Crippen LogP contribution is 2.37. The molecule has 0 aliphatic heterocycles. The van der Waals surface area contributed by atoms with Crippen LogP contribution < -0.4 is 16.4 Å². The maximum Gasteiger partial charge on any atom is 0.252 e. The van der Waals surface area contributed by atoms with Gasteiger partial charge in [0.25, 0.3) is 5.91 Å². The van der Waals surface area contributed by atoms with Crippen LogP contribution in [0.1, 0.15) is 30.1 Å². The molecule has 0 spiro atoms. The zero-order valence-corrected chi connectivity index (χ0v) is 12.0. The fourth-order valence-electron chi connectivity index (χ4n) is 2.41. The van der Waals surface area contributed by atoms with Gasteiger partial charge in [0, 0.05) is 19.7 Å². The van der Waals surface area contributed by atoms with Crippen LogP contribution >= 0.6 is 0 Å². The van der Waals surface area contributed by atoms with Crippen LogP contribution in [0.2, 0.25) is 0 Å². The van der Waals surface area contributed by atoms with E-state index >= 15 is 0 Å². The van der Waals surface area contributed by atoms with Gasteiger partial charge in [-0.25, -0.2) is 4.98 Å². The minimum atomic E-state index is -0.509. The number of rotatable bonds is 7. The van der Waals surface area contributed by atoms with E-state index in [9.17, 15) is 4.79 Å². The van der Waals surface area contributed by atoms with E-state index in [4.69, 9.17) is 16.2 Å². The molecular formula is C14H22N4O2. The number of carbonyl (C=O) groups excluding carboxylic acids is 1. The molecule has 20 heavy (non-hydrogen) atoms. The Morgan fingerprint density at radius 2 is 2.30 bits per heavy atom. The van der Waals surface area contributed by atoms with Crippen molar-refractivity contribution in [1.29, 1.82) is 0 Å². The Kier molecular flexibility index (Phi) is 4.44. The topological polar surface area (TPSA) is 94.5 Å². The van der Waals surface area contributed by atoms with Crippen molar-refractivity contribution in [2.24, 2.45) is 11.7 Å². The Labute approximate surface area is 119 Å². The van der Waals surface area contributed by atoms with Gasteiger partial charge in [-0.1, -0.05) is 0 Å². The Morgan fingerprint density at radius 1 is 1.60 bits per heavy atom. The van der Waals surface area contributed by atoms with Crippen molar-refractivity contribution >= 4 is 17.4 Å². The summed E-state index contributed by atoms with van der Waals surface area (Å²) < 4.78 is 5.16. The fraction of sp³-hybridized carbons (Fsp3) is 0.571. The summed E-state index contributed by atoms with van der Waals surface area (Å²) in [5, 5.41) is 0. The first-order chi connectivity index (χ1) is 9.54. The quantitative estimate of drug-likeness (QED) is 0.776. The number of carbonyl (C=O) groups is 1. The van der Waals surface area contributed by atoms with Crippen LogP contribution in [-0.4, -0.2) is 37.2 Å². The summed E-state index contributed by atoms with van der Waals surface area (Å²) in [5.41, 5.74) is 12.0. The molecule has 1 aromatic rings. The van der Waals surface area contributed by atoms with Gasteiger partial charge in [0.15, 0.2) is 0 Å². The largest absolute Gasteiger partial charge is 0.397 e. The normalized spacial score (nSPS) is 15.9. The second-order valence-electron chi connectivity index (χ2n) is 5.27. The second kappa shape index (κ2) is 6.09. The average Bonchev–Trinajstić information content (AvgIpc) is 3.24. The molecule has 1 atom stereocenters. The lowest BCUT2D eigenvalue weighted by Gasteiger charge is -2.31. The molecule has 1 saturated carbocycles. The van der Waals surface area contributed by atoms with Crippen molar-refractivity contribution in [3.63, 3.8) is 0 Å². The van der Waals surface area contributed by atoms with Crippen LogP contribution in [0.15, 0.2) is 12.3 Å². The Bertz CT molecular complexity index is 488.